The van der Waals surface area contributed by atoms with Crippen LogP contribution in [0.2, 0.25) is 0 Å². The third-order valence-corrected chi connectivity index (χ3v) is 2.45. The fraction of sp³-hybridized carbons (Fsp3) is 0.636. The Hall–Kier alpha value is -1.32. The molecule has 0 unspecified atom stereocenters. The summed E-state index contributed by atoms with van der Waals surface area (Å²) in [7, 11) is 0. The number of hydrogen-bond donors (Lipinski definition) is 0. The van der Waals surface area contributed by atoms with Crippen molar-refractivity contribution in [2.75, 3.05) is 6.61 Å². The van der Waals surface area contributed by atoms with Gasteiger partial charge in [0.05, 0.1) is 18.7 Å². The molecule has 0 aromatic carbocycles. The van der Waals surface area contributed by atoms with E-state index in [9.17, 15) is 4.79 Å². The van der Waals surface area contributed by atoms with Crippen LogP contribution in [0, 0.1) is 6.92 Å². The Bertz CT molecular complexity index is 366. The van der Waals surface area contributed by atoms with Crippen molar-refractivity contribution in [3.8, 4) is 0 Å². The lowest BCUT2D eigenvalue weighted by molar-refractivity contribution is -0.142. The van der Waals surface area contributed by atoms with Crippen LogP contribution in [0.15, 0.2) is 4.42 Å². The van der Waals surface area contributed by atoms with Gasteiger partial charge in [0.2, 0.25) is 0 Å². The molecule has 0 spiro atoms. The summed E-state index contributed by atoms with van der Waals surface area (Å²) in [6, 6.07) is 0. The van der Waals surface area contributed by atoms with Gasteiger partial charge in [-0.25, -0.2) is 4.98 Å². The lowest BCUT2D eigenvalue weighted by Gasteiger charge is -1.98. The Balaban J connectivity index is 2.03. The smallest absolute Gasteiger partial charge is 0.311 e. The van der Waals surface area contributed by atoms with E-state index in [1.165, 1.54) is 0 Å². The summed E-state index contributed by atoms with van der Waals surface area (Å²) in [6.45, 7) is 4.04. The van der Waals surface area contributed by atoms with Gasteiger partial charge in [0.1, 0.15) is 5.76 Å². The molecule has 1 aliphatic carbocycles. The quantitative estimate of drug-likeness (QED) is 0.711. The van der Waals surface area contributed by atoms with Crippen molar-refractivity contribution >= 4 is 5.97 Å². The largest absolute Gasteiger partial charge is 0.466 e. The molecule has 1 heterocycles. The standard InChI is InChI=1S/C11H15NO3/c1-3-14-10(13)6-9-7(2)15-11(12-9)8-4-5-8/h8H,3-6H2,1-2H3. The Kier molecular flexibility index (Phi) is 2.75. The van der Waals surface area contributed by atoms with Crippen molar-refractivity contribution < 1.29 is 13.9 Å². The first kappa shape index (κ1) is 10.2. The second kappa shape index (κ2) is 4.04. The molecule has 1 saturated carbocycles. The molecule has 2 rings (SSSR count). The van der Waals surface area contributed by atoms with Gasteiger partial charge in [-0.05, 0) is 26.7 Å². The second-order valence-electron chi connectivity index (χ2n) is 3.81. The van der Waals surface area contributed by atoms with Crippen molar-refractivity contribution in [1.29, 1.82) is 0 Å². The maximum atomic E-state index is 11.3. The minimum Gasteiger partial charge on any atom is -0.466 e. The SMILES string of the molecule is CCOC(=O)Cc1nc(C2CC2)oc1C. The maximum absolute atomic E-state index is 11.3. The monoisotopic (exact) mass is 209 g/mol. The fourth-order valence-electron chi connectivity index (χ4n) is 1.47. The van der Waals surface area contributed by atoms with E-state index in [0.29, 0.717) is 12.5 Å². The van der Waals surface area contributed by atoms with Gasteiger partial charge in [-0.2, -0.15) is 0 Å². The van der Waals surface area contributed by atoms with Crippen molar-refractivity contribution in [2.45, 2.75) is 39.0 Å². The number of carbonyl (C=O) groups is 1. The molecule has 1 aromatic heterocycles. The summed E-state index contributed by atoms with van der Waals surface area (Å²) in [5.74, 6) is 1.77. The van der Waals surface area contributed by atoms with E-state index in [-0.39, 0.29) is 12.4 Å². The van der Waals surface area contributed by atoms with E-state index < -0.39 is 0 Å². The third kappa shape index (κ3) is 2.37. The van der Waals surface area contributed by atoms with E-state index in [1.807, 2.05) is 6.92 Å². The Morgan fingerprint density at radius 1 is 1.60 bits per heavy atom. The molecular weight excluding hydrogens is 194 g/mol. The van der Waals surface area contributed by atoms with Crippen molar-refractivity contribution in [3.05, 3.63) is 17.3 Å². The molecule has 4 heteroatoms. The Labute approximate surface area is 88.6 Å². The normalized spacial score (nSPS) is 15.3. The Morgan fingerprint density at radius 3 is 2.93 bits per heavy atom. The average Bonchev–Trinajstić information content (AvgIpc) is 2.94. The Morgan fingerprint density at radius 2 is 2.33 bits per heavy atom. The maximum Gasteiger partial charge on any atom is 0.311 e. The number of carbonyl (C=O) groups excluding carboxylic acids is 1. The summed E-state index contributed by atoms with van der Waals surface area (Å²) in [5, 5.41) is 0. The molecule has 0 bridgehead atoms. The summed E-state index contributed by atoms with van der Waals surface area (Å²) in [4.78, 5) is 15.6. The molecule has 15 heavy (non-hydrogen) atoms. The lowest BCUT2D eigenvalue weighted by atomic mass is 10.3. The van der Waals surface area contributed by atoms with E-state index in [1.54, 1.807) is 6.92 Å². The van der Waals surface area contributed by atoms with E-state index in [2.05, 4.69) is 4.98 Å². The molecule has 82 valence electrons. The van der Waals surface area contributed by atoms with Gasteiger partial charge in [0, 0.05) is 5.92 Å². The summed E-state index contributed by atoms with van der Waals surface area (Å²) in [6.07, 6.45) is 2.52. The van der Waals surface area contributed by atoms with Gasteiger partial charge >= 0.3 is 5.97 Å². The van der Waals surface area contributed by atoms with E-state index >= 15 is 0 Å². The van der Waals surface area contributed by atoms with E-state index in [0.717, 1.165) is 30.2 Å². The highest BCUT2D eigenvalue weighted by Gasteiger charge is 2.29. The van der Waals surface area contributed by atoms with Gasteiger partial charge in [-0.15, -0.1) is 0 Å². The average molecular weight is 209 g/mol. The van der Waals surface area contributed by atoms with Crippen LogP contribution in [0.3, 0.4) is 0 Å². The highest BCUT2D eigenvalue weighted by atomic mass is 16.5. The number of ether oxygens (including phenoxy) is 1. The first-order valence-corrected chi connectivity index (χ1v) is 5.32. The van der Waals surface area contributed by atoms with Crippen LogP contribution >= 0.6 is 0 Å². The van der Waals surface area contributed by atoms with Crippen LogP contribution in [-0.4, -0.2) is 17.6 Å². The molecule has 1 aliphatic rings. The topological polar surface area (TPSA) is 52.3 Å². The van der Waals surface area contributed by atoms with Gasteiger partial charge in [-0.1, -0.05) is 0 Å². The number of oxazole rings is 1. The first-order chi connectivity index (χ1) is 7.20. The molecule has 0 aliphatic heterocycles. The number of aryl methyl sites for hydroxylation is 1. The molecule has 4 nitrogen and oxygen atoms in total. The molecule has 0 amide bonds. The van der Waals surface area contributed by atoms with Gasteiger partial charge in [0.15, 0.2) is 5.89 Å². The minimum atomic E-state index is -0.240. The predicted octanol–water partition coefficient (Wildman–Crippen LogP) is 1.97. The number of rotatable bonds is 4. The number of aromatic nitrogens is 1. The van der Waals surface area contributed by atoms with Gasteiger partial charge in [0.25, 0.3) is 0 Å². The highest BCUT2D eigenvalue weighted by molar-refractivity contribution is 5.72. The zero-order valence-corrected chi connectivity index (χ0v) is 9.08. The van der Waals surface area contributed by atoms with Gasteiger partial charge < -0.3 is 9.15 Å². The predicted molar refractivity (Wildman–Crippen MR) is 53.6 cm³/mol. The van der Waals surface area contributed by atoms with Crippen LogP contribution in [0.1, 0.15) is 43.0 Å². The molecule has 1 fully saturated rings. The van der Waals surface area contributed by atoms with E-state index in [4.69, 9.17) is 9.15 Å². The first-order valence-electron chi connectivity index (χ1n) is 5.32. The van der Waals surface area contributed by atoms with Crippen LogP contribution in [0.4, 0.5) is 0 Å². The number of nitrogens with zero attached hydrogens (tertiary/aromatic N) is 1. The molecule has 1 aromatic rings. The summed E-state index contributed by atoms with van der Waals surface area (Å²) < 4.78 is 10.4. The van der Waals surface area contributed by atoms with Crippen LogP contribution in [0.25, 0.3) is 0 Å². The zero-order valence-electron chi connectivity index (χ0n) is 9.08. The molecule has 0 saturated heterocycles. The second-order valence-corrected chi connectivity index (χ2v) is 3.81. The molecule has 0 N–H and O–H groups in total. The minimum absolute atomic E-state index is 0.218. The highest BCUT2D eigenvalue weighted by Crippen LogP contribution is 2.40. The van der Waals surface area contributed by atoms with Crippen LogP contribution in [0.5, 0.6) is 0 Å². The fourth-order valence-corrected chi connectivity index (χ4v) is 1.47. The van der Waals surface area contributed by atoms with Crippen molar-refractivity contribution in [2.24, 2.45) is 0 Å². The molecule has 0 atom stereocenters. The van der Waals surface area contributed by atoms with Crippen molar-refractivity contribution in [1.82, 2.24) is 4.98 Å². The summed E-state index contributed by atoms with van der Waals surface area (Å²) >= 11 is 0. The van der Waals surface area contributed by atoms with Gasteiger partial charge in [-0.3, -0.25) is 4.79 Å². The number of esters is 1. The van der Waals surface area contributed by atoms with Crippen LogP contribution in [-0.2, 0) is 16.0 Å². The molecule has 0 radical (unpaired) electrons. The zero-order chi connectivity index (χ0) is 10.8. The lowest BCUT2D eigenvalue weighted by Crippen LogP contribution is -2.08. The summed E-state index contributed by atoms with van der Waals surface area (Å²) in [5.41, 5.74) is 0.718. The van der Waals surface area contributed by atoms with Crippen molar-refractivity contribution in [3.63, 3.8) is 0 Å². The van der Waals surface area contributed by atoms with Crippen LogP contribution < -0.4 is 0 Å². The molecular formula is C11H15NO3. The third-order valence-electron chi connectivity index (χ3n) is 2.45. The number of hydrogen-bond acceptors (Lipinski definition) is 4.